The second-order valence-electron chi connectivity index (χ2n) is 9.67. The van der Waals surface area contributed by atoms with Crippen LogP contribution >= 0.6 is 0 Å². The van der Waals surface area contributed by atoms with Crippen molar-refractivity contribution in [1.29, 1.82) is 0 Å². The Bertz CT molecular complexity index is 1160. The summed E-state index contributed by atoms with van der Waals surface area (Å²) in [4.78, 5) is 37.0. The molecule has 2 saturated heterocycles. The van der Waals surface area contributed by atoms with E-state index in [4.69, 9.17) is 5.10 Å². The first-order valence-electron chi connectivity index (χ1n) is 13.0. The molecule has 3 aromatic rings. The van der Waals surface area contributed by atoms with E-state index in [1.54, 1.807) is 17.1 Å². The Kier molecular flexibility index (Phi) is 7.41. The molecule has 2 aromatic heterocycles. The number of nitrogens with zero attached hydrogens (tertiary/aromatic N) is 6. The van der Waals surface area contributed by atoms with Gasteiger partial charge in [-0.15, -0.1) is 0 Å². The Morgan fingerprint density at radius 3 is 2.33 bits per heavy atom. The summed E-state index contributed by atoms with van der Waals surface area (Å²) < 4.78 is 1.76. The molecule has 0 unspecified atom stereocenters. The summed E-state index contributed by atoms with van der Waals surface area (Å²) in [6.45, 7) is 8.10. The number of aromatic nitrogens is 3. The van der Waals surface area contributed by atoms with Gasteiger partial charge in [0.1, 0.15) is 5.69 Å². The average Bonchev–Trinajstić information content (AvgIpc) is 3.40. The van der Waals surface area contributed by atoms with Crippen molar-refractivity contribution in [2.45, 2.75) is 26.2 Å². The zero-order valence-corrected chi connectivity index (χ0v) is 20.9. The fourth-order valence-corrected chi connectivity index (χ4v) is 5.16. The number of rotatable bonds is 6. The van der Waals surface area contributed by atoms with Gasteiger partial charge in [0, 0.05) is 69.8 Å². The van der Waals surface area contributed by atoms with E-state index in [-0.39, 0.29) is 11.8 Å². The Morgan fingerprint density at radius 2 is 1.67 bits per heavy atom. The topological polar surface area (TPSA) is 74.6 Å². The van der Waals surface area contributed by atoms with Crippen molar-refractivity contribution < 1.29 is 9.59 Å². The van der Waals surface area contributed by atoms with Gasteiger partial charge in [0.15, 0.2) is 0 Å². The van der Waals surface area contributed by atoms with E-state index >= 15 is 0 Å². The first-order valence-corrected chi connectivity index (χ1v) is 13.0. The predicted octanol–water partition coefficient (Wildman–Crippen LogP) is 3.34. The molecule has 2 aliphatic heterocycles. The van der Waals surface area contributed by atoms with Crippen molar-refractivity contribution in [3.8, 4) is 16.9 Å². The van der Waals surface area contributed by atoms with Crippen LogP contribution in [-0.2, 0) is 4.79 Å². The van der Waals surface area contributed by atoms with Gasteiger partial charge in [-0.3, -0.25) is 14.6 Å². The van der Waals surface area contributed by atoms with Gasteiger partial charge in [-0.2, -0.15) is 5.10 Å². The normalized spacial score (nSPS) is 17.4. The standard InChI is InChI=1S/C28H34N6O2/c1-2-31-15-17-32(18-16-31)26(35)19-22-10-13-33(14-11-22)28(36)25-21-34(24-8-4-3-5-9-24)30-27(25)23-7-6-12-29-20-23/h3-9,12,20-22H,2,10-11,13-19H2,1H3. The summed E-state index contributed by atoms with van der Waals surface area (Å²) in [5, 5.41) is 4.76. The van der Waals surface area contributed by atoms with Gasteiger partial charge in [0.2, 0.25) is 5.91 Å². The Morgan fingerprint density at radius 1 is 0.917 bits per heavy atom. The van der Waals surface area contributed by atoms with Crippen LogP contribution in [0.4, 0.5) is 0 Å². The molecule has 4 heterocycles. The van der Waals surface area contributed by atoms with Crippen LogP contribution in [0.3, 0.4) is 0 Å². The van der Waals surface area contributed by atoms with Crippen molar-refractivity contribution in [1.82, 2.24) is 29.5 Å². The first kappa shape index (κ1) is 24.2. The number of carbonyl (C=O) groups excluding carboxylic acids is 2. The molecule has 2 amide bonds. The molecular weight excluding hydrogens is 452 g/mol. The number of hydrogen-bond donors (Lipinski definition) is 0. The highest BCUT2D eigenvalue weighted by Gasteiger charge is 2.30. The predicted molar refractivity (Wildman–Crippen MR) is 139 cm³/mol. The Hall–Kier alpha value is -3.52. The molecule has 36 heavy (non-hydrogen) atoms. The van der Waals surface area contributed by atoms with Crippen LogP contribution in [0.5, 0.6) is 0 Å². The van der Waals surface area contributed by atoms with Crippen molar-refractivity contribution in [3.63, 3.8) is 0 Å². The number of amides is 2. The van der Waals surface area contributed by atoms with Crippen molar-refractivity contribution >= 4 is 11.8 Å². The number of pyridine rings is 1. The summed E-state index contributed by atoms with van der Waals surface area (Å²) in [6.07, 6.45) is 7.57. The molecule has 188 valence electrons. The monoisotopic (exact) mass is 486 g/mol. The van der Waals surface area contributed by atoms with E-state index in [0.29, 0.717) is 36.7 Å². The number of para-hydroxylation sites is 1. The lowest BCUT2D eigenvalue weighted by molar-refractivity contribution is -0.134. The number of piperidine rings is 1. The smallest absolute Gasteiger partial charge is 0.257 e. The molecule has 0 spiro atoms. The lowest BCUT2D eigenvalue weighted by Crippen LogP contribution is -2.49. The largest absolute Gasteiger partial charge is 0.340 e. The van der Waals surface area contributed by atoms with Crippen molar-refractivity contribution in [2.75, 3.05) is 45.8 Å². The molecule has 1 aromatic carbocycles. The number of piperazine rings is 1. The van der Waals surface area contributed by atoms with Crippen LogP contribution < -0.4 is 0 Å². The van der Waals surface area contributed by atoms with E-state index in [1.165, 1.54) is 0 Å². The zero-order valence-electron chi connectivity index (χ0n) is 20.9. The van der Waals surface area contributed by atoms with E-state index < -0.39 is 0 Å². The molecule has 8 heteroatoms. The lowest BCUT2D eigenvalue weighted by atomic mass is 9.92. The molecule has 2 aliphatic rings. The van der Waals surface area contributed by atoms with Crippen LogP contribution in [-0.4, -0.2) is 87.1 Å². The molecule has 8 nitrogen and oxygen atoms in total. The number of carbonyl (C=O) groups is 2. The SMILES string of the molecule is CCN1CCN(C(=O)CC2CCN(C(=O)c3cn(-c4ccccc4)nc3-c3cccnc3)CC2)CC1. The second-order valence-corrected chi connectivity index (χ2v) is 9.67. The van der Waals surface area contributed by atoms with Gasteiger partial charge in [-0.1, -0.05) is 25.1 Å². The summed E-state index contributed by atoms with van der Waals surface area (Å²) in [7, 11) is 0. The summed E-state index contributed by atoms with van der Waals surface area (Å²) in [6, 6.07) is 13.6. The van der Waals surface area contributed by atoms with E-state index in [1.807, 2.05) is 58.5 Å². The van der Waals surface area contributed by atoms with Gasteiger partial charge >= 0.3 is 0 Å². The molecule has 0 N–H and O–H groups in total. The van der Waals surface area contributed by atoms with Gasteiger partial charge in [0.25, 0.3) is 5.91 Å². The fourth-order valence-electron chi connectivity index (χ4n) is 5.16. The highest BCUT2D eigenvalue weighted by molar-refractivity contribution is 6.00. The fraction of sp³-hybridized carbons (Fsp3) is 0.429. The number of likely N-dealkylation sites (N-methyl/N-ethyl adjacent to an activating group) is 1. The maximum absolute atomic E-state index is 13.6. The van der Waals surface area contributed by atoms with E-state index in [9.17, 15) is 9.59 Å². The van der Waals surface area contributed by atoms with Gasteiger partial charge in [-0.25, -0.2) is 4.68 Å². The van der Waals surface area contributed by atoms with Gasteiger partial charge in [0.05, 0.1) is 11.3 Å². The third-order valence-electron chi connectivity index (χ3n) is 7.44. The summed E-state index contributed by atoms with van der Waals surface area (Å²) in [5.41, 5.74) is 2.94. The third kappa shape index (κ3) is 5.33. The maximum Gasteiger partial charge on any atom is 0.257 e. The van der Waals surface area contributed by atoms with Crippen LogP contribution in [0.2, 0.25) is 0 Å². The number of likely N-dealkylation sites (tertiary alicyclic amines) is 1. The van der Waals surface area contributed by atoms with Crippen LogP contribution in [0.15, 0.2) is 61.1 Å². The average molecular weight is 487 g/mol. The third-order valence-corrected chi connectivity index (χ3v) is 7.44. The second kappa shape index (κ2) is 11.0. The minimum atomic E-state index is -0.0171. The Labute approximate surface area is 212 Å². The van der Waals surface area contributed by atoms with Crippen LogP contribution in [0, 0.1) is 5.92 Å². The molecule has 0 radical (unpaired) electrons. The number of hydrogen-bond acceptors (Lipinski definition) is 5. The minimum Gasteiger partial charge on any atom is -0.340 e. The first-order chi connectivity index (χ1) is 17.6. The molecule has 0 bridgehead atoms. The van der Waals surface area contributed by atoms with Crippen molar-refractivity contribution in [2.24, 2.45) is 5.92 Å². The van der Waals surface area contributed by atoms with E-state index in [2.05, 4.69) is 16.8 Å². The van der Waals surface area contributed by atoms with Gasteiger partial charge < -0.3 is 14.7 Å². The lowest BCUT2D eigenvalue weighted by Gasteiger charge is -2.36. The Balaban J connectivity index is 1.25. The maximum atomic E-state index is 13.6. The molecule has 2 fully saturated rings. The molecule has 0 atom stereocenters. The van der Waals surface area contributed by atoms with Crippen molar-refractivity contribution in [3.05, 3.63) is 66.6 Å². The highest BCUT2D eigenvalue weighted by atomic mass is 16.2. The van der Waals surface area contributed by atoms with Crippen LogP contribution in [0.25, 0.3) is 16.9 Å². The molecule has 0 aliphatic carbocycles. The highest BCUT2D eigenvalue weighted by Crippen LogP contribution is 2.27. The quantitative estimate of drug-likeness (QED) is 0.534. The molecular formula is C28H34N6O2. The zero-order chi connectivity index (χ0) is 24.9. The minimum absolute atomic E-state index is 0.0171. The van der Waals surface area contributed by atoms with E-state index in [0.717, 1.165) is 56.8 Å². The number of benzene rings is 1. The summed E-state index contributed by atoms with van der Waals surface area (Å²) >= 11 is 0. The van der Waals surface area contributed by atoms with Gasteiger partial charge in [-0.05, 0) is 49.6 Å². The molecule has 0 saturated carbocycles. The summed E-state index contributed by atoms with van der Waals surface area (Å²) in [5.74, 6) is 0.575. The van der Waals surface area contributed by atoms with Crippen LogP contribution in [0.1, 0.15) is 36.5 Å². The molecule has 5 rings (SSSR count).